The van der Waals surface area contributed by atoms with Gasteiger partial charge in [0, 0.05) is 50.1 Å². The summed E-state index contributed by atoms with van der Waals surface area (Å²) in [5.41, 5.74) is 4.82. The van der Waals surface area contributed by atoms with Crippen molar-refractivity contribution in [2.24, 2.45) is 0 Å². The second kappa shape index (κ2) is 9.73. The van der Waals surface area contributed by atoms with Gasteiger partial charge in [0.25, 0.3) is 0 Å². The summed E-state index contributed by atoms with van der Waals surface area (Å²) in [5, 5.41) is 8.74. The lowest BCUT2D eigenvalue weighted by Crippen LogP contribution is -2.49. The van der Waals surface area contributed by atoms with Crippen molar-refractivity contribution in [1.82, 2.24) is 15.1 Å². The largest absolute Gasteiger partial charge is 0.352 e. The van der Waals surface area contributed by atoms with Crippen LogP contribution in [-0.4, -0.2) is 53.0 Å². The average Bonchev–Trinajstić information content (AvgIpc) is 2.85. The predicted molar refractivity (Wildman–Crippen MR) is 126 cm³/mol. The molecule has 0 saturated carbocycles. The second-order valence-corrected chi connectivity index (χ2v) is 8.23. The quantitative estimate of drug-likeness (QED) is 0.554. The zero-order valence-corrected chi connectivity index (χ0v) is 18.6. The summed E-state index contributed by atoms with van der Waals surface area (Å²) >= 11 is 0. The average molecular weight is 429 g/mol. The van der Waals surface area contributed by atoms with Gasteiger partial charge in [0.05, 0.1) is 5.69 Å². The number of piperazine rings is 1. The summed E-state index contributed by atoms with van der Waals surface area (Å²) in [6, 6.07) is 19.6. The molecular weight excluding hydrogens is 400 g/mol. The van der Waals surface area contributed by atoms with Crippen molar-refractivity contribution in [2.45, 2.75) is 26.7 Å². The van der Waals surface area contributed by atoms with Crippen molar-refractivity contribution < 1.29 is 9.59 Å². The Balaban J connectivity index is 1.27. The molecule has 3 aromatic rings. The summed E-state index contributed by atoms with van der Waals surface area (Å²) in [7, 11) is 0. The van der Waals surface area contributed by atoms with Gasteiger partial charge < -0.3 is 9.80 Å². The van der Waals surface area contributed by atoms with Crippen LogP contribution in [0.1, 0.15) is 34.3 Å². The minimum atomic E-state index is 0.0221. The van der Waals surface area contributed by atoms with Crippen LogP contribution in [0.5, 0.6) is 0 Å². The van der Waals surface area contributed by atoms with Gasteiger partial charge in [-0.2, -0.15) is 0 Å². The van der Waals surface area contributed by atoms with Crippen molar-refractivity contribution in [3.63, 3.8) is 0 Å². The number of benzene rings is 2. The molecule has 1 amide bonds. The van der Waals surface area contributed by atoms with Gasteiger partial charge in [-0.3, -0.25) is 9.59 Å². The number of amides is 1. The van der Waals surface area contributed by atoms with Crippen LogP contribution in [0.2, 0.25) is 0 Å². The molecule has 0 radical (unpaired) electrons. The highest BCUT2D eigenvalue weighted by Gasteiger charge is 2.22. The molecule has 0 bridgehead atoms. The van der Waals surface area contributed by atoms with E-state index in [1.54, 1.807) is 0 Å². The fraction of sp³-hybridized carbons (Fsp3) is 0.308. The molecule has 0 N–H and O–H groups in total. The third kappa shape index (κ3) is 5.02. The van der Waals surface area contributed by atoms with Gasteiger partial charge in [0.2, 0.25) is 5.91 Å². The Hall–Kier alpha value is -3.54. The SMILES string of the molecule is Cc1ccc(C(=O)CCC(=O)N2CCN(c3ccc(-c4ccccc4)nn3)CC2)cc1C. The monoisotopic (exact) mass is 428 g/mol. The van der Waals surface area contributed by atoms with E-state index in [0.717, 1.165) is 28.2 Å². The van der Waals surface area contributed by atoms with Crippen LogP contribution in [0.4, 0.5) is 5.82 Å². The molecule has 2 heterocycles. The highest BCUT2D eigenvalue weighted by atomic mass is 16.2. The Bertz CT molecular complexity index is 1090. The van der Waals surface area contributed by atoms with Gasteiger partial charge in [-0.25, -0.2) is 0 Å². The Morgan fingerprint density at radius 3 is 2.22 bits per heavy atom. The normalized spacial score (nSPS) is 13.8. The van der Waals surface area contributed by atoms with E-state index >= 15 is 0 Å². The lowest BCUT2D eigenvalue weighted by molar-refractivity contribution is -0.131. The summed E-state index contributed by atoms with van der Waals surface area (Å²) in [6.45, 7) is 6.68. The number of Topliss-reactive ketones (excluding diaryl/α,β-unsaturated/α-hetero) is 1. The molecule has 0 atom stereocenters. The molecule has 6 heteroatoms. The molecule has 0 aliphatic carbocycles. The van der Waals surface area contributed by atoms with Crippen LogP contribution in [0.3, 0.4) is 0 Å². The molecule has 1 saturated heterocycles. The number of carbonyl (C=O) groups excluding carboxylic acids is 2. The van der Waals surface area contributed by atoms with Crippen molar-refractivity contribution in [1.29, 1.82) is 0 Å². The molecule has 1 aliphatic rings. The molecule has 2 aromatic carbocycles. The van der Waals surface area contributed by atoms with Gasteiger partial charge >= 0.3 is 0 Å². The Kier molecular flexibility index (Phi) is 6.59. The van der Waals surface area contributed by atoms with Gasteiger partial charge in [0.1, 0.15) is 0 Å². The number of anilines is 1. The highest BCUT2D eigenvalue weighted by Crippen LogP contribution is 2.19. The van der Waals surface area contributed by atoms with E-state index in [1.165, 1.54) is 0 Å². The Morgan fingerprint density at radius 1 is 0.812 bits per heavy atom. The number of nitrogens with zero attached hydrogens (tertiary/aromatic N) is 4. The minimum Gasteiger partial charge on any atom is -0.352 e. The van der Waals surface area contributed by atoms with Crippen LogP contribution < -0.4 is 4.90 Å². The molecule has 6 nitrogen and oxygen atoms in total. The lowest BCUT2D eigenvalue weighted by Gasteiger charge is -2.35. The van der Waals surface area contributed by atoms with Crippen molar-refractivity contribution in [3.8, 4) is 11.3 Å². The number of hydrogen-bond donors (Lipinski definition) is 0. The summed E-state index contributed by atoms with van der Waals surface area (Å²) < 4.78 is 0. The van der Waals surface area contributed by atoms with E-state index in [9.17, 15) is 9.59 Å². The molecule has 32 heavy (non-hydrogen) atoms. The second-order valence-electron chi connectivity index (χ2n) is 8.23. The van der Waals surface area contributed by atoms with Gasteiger partial charge in [-0.05, 0) is 43.2 Å². The van der Waals surface area contributed by atoms with Crippen LogP contribution in [0.25, 0.3) is 11.3 Å². The Morgan fingerprint density at radius 2 is 1.56 bits per heavy atom. The summed E-state index contributed by atoms with van der Waals surface area (Å²) in [6.07, 6.45) is 0.491. The number of aromatic nitrogens is 2. The first-order chi connectivity index (χ1) is 15.5. The topological polar surface area (TPSA) is 66.4 Å². The van der Waals surface area contributed by atoms with E-state index in [4.69, 9.17) is 0 Å². The Labute approximate surface area is 188 Å². The maximum atomic E-state index is 12.6. The molecule has 164 valence electrons. The summed E-state index contributed by atoms with van der Waals surface area (Å²) in [4.78, 5) is 29.1. The first-order valence-electron chi connectivity index (χ1n) is 11.0. The molecular formula is C26H28N4O2. The number of aryl methyl sites for hydroxylation is 2. The van der Waals surface area contributed by atoms with Crippen molar-refractivity contribution >= 4 is 17.5 Å². The smallest absolute Gasteiger partial charge is 0.223 e. The van der Waals surface area contributed by atoms with E-state index in [-0.39, 0.29) is 24.5 Å². The van der Waals surface area contributed by atoms with Crippen LogP contribution in [-0.2, 0) is 4.79 Å². The molecule has 1 aromatic heterocycles. The van der Waals surface area contributed by atoms with Crippen molar-refractivity contribution in [3.05, 3.63) is 77.4 Å². The van der Waals surface area contributed by atoms with E-state index in [2.05, 4.69) is 15.1 Å². The fourth-order valence-electron chi connectivity index (χ4n) is 3.88. The molecule has 0 spiro atoms. The van der Waals surface area contributed by atoms with Gasteiger partial charge in [-0.1, -0.05) is 42.5 Å². The van der Waals surface area contributed by atoms with E-state index in [0.29, 0.717) is 31.7 Å². The third-order valence-corrected chi connectivity index (χ3v) is 6.07. The third-order valence-electron chi connectivity index (χ3n) is 6.07. The maximum Gasteiger partial charge on any atom is 0.223 e. The first-order valence-corrected chi connectivity index (χ1v) is 11.0. The van der Waals surface area contributed by atoms with Crippen molar-refractivity contribution in [2.75, 3.05) is 31.1 Å². The number of carbonyl (C=O) groups is 2. The van der Waals surface area contributed by atoms with Crippen LogP contribution >= 0.6 is 0 Å². The van der Waals surface area contributed by atoms with Gasteiger partial charge in [-0.15, -0.1) is 10.2 Å². The predicted octanol–water partition coefficient (Wildman–Crippen LogP) is 4.07. The molecule has 0 unspecified atom stereocenters. The van der Waals surface area contributed by atoms with Gasteiger partial charge in [0.15, 0.2) is 11.6 Å². The van der Waals surface area contributed by atoms with Crippen LogP contribution in [0.15, 0.2) is 60.7 Å². The number of hydrogen-bond acceptors (Lipinski definition) is 5. The maximum absolute atomic E-state index is 12.6. The molecule has 4 rings (SSSR count). The lowest BCUT2D eigenvalue weighted by atomic mass is 10.0. The molecule has 1 fully saturated rings. The fourth-order valence-corrected chi connectivity index (χ4v) is 3.88. The number of ketones is 1. The van der Waals surface area contributed by atoms with E-state index < -0.39 is 0 Å². The number of rotatable bonds is 6. The minimum absolute atomic E-state index is 0.0221. The zero-order valence-electron chi connectivity index (χ0n) is 18.6. The van der Waals surface area contributed by atoms with E-state index in [1.807, 2.05) is 79.4 Å². The standard InChI is InChI=1S/C26H28N4O2/c1-19-8-9-22(18-20(19)2)24(31)11-13-26(32)30-16-14-29(15-17-30)25-12-10-23(27-28-25)21-6-4-3-5-7-21/h3-10,12,18H,11,13-17H2,1-2H3. The highest BCUT2D eigenvalue weighted by molar-refractivity contribution is 5.98. The first kappa shape index (κ1) is 21.7. The van der Waals surface area contributed by atoms with Crippen LogP contribution in [0, 0.1) is 13.8 Å². The molecule has 1 aliphatic heterocycles. The summed E-state index contributed by atoms with van der Waals surface area (Å²) in [5.74, 6) is 0.878. The zero-order chi connectivity index (χ0) is 22.5.